The van der Waals surface area contributed by atoms with E-state index in [1.807, 2.05) is 6.92 Å². The topological polar surface area (TPSA) is 76.0 Å². The van der Waals surface area contributed by atoms with Crippen LogP contribution in [0, 0.1) is 0 Å². The molecule has 0 bridgehead atoms. The Labute approximate surface area is 170 Å². The average molecular weight is 423 g/mol. The van der Waals surface area contributed by atoms with E-state index in [1.54, 1.807) is 0 Å². The van der Waals surface area contributed by atoms with Crippen LogP contribution in [0.5, 0.6) is 0 Å². The van der Waals surface area contributed by atoms with Crippen molar-refractivity contribution in [3.8, 4) is 0 Å². The zero-order valence-corrected chi connectivity index (χ0v) is 18.7. The van der Waals surface area contributed by atoms with E-state index in [2.05, 4.69) is 18.4 Å². The lowest BCUT2D eigenvalue weighted by Crippen LogP contribution is -2.12. The summed E-state index contributed by atoms with van der Waals surface area (Å²) in [4.78, 5) is 28.9. The minimum atomic E-state index is -3.45. The molecule has 0 aromatic heterocycles. The first-order valence-corrected chi connectivity index (χ1v) is 13.0. The van der Waals surface area contributed by atoms with Gasteiger partial charge < -0.3 is 19.0 Å². The number of carbonyl (C=O) groups is 1. The van der Waals surface area contributed by atoms with Crippen molar-refractivity contribution in [1.82, 2.24) is 0 Å². The molecule has 0 rings (SSSR count). The van der Waals surface area contributed by atoms with Crippen LogP contribution in [0.1, 0.15) is 96.8 Å². The smallest absolute Gasteiger partial charge is 0.330 e. The van der Waals surface area contributed by atoms with E-state index in [0.29, 0.717) is 6.61 Å². The van der Waals surface area contributed by atoms with Crippen LogP contribution in [-0.4, -0.2) is 28.5 Å². The van der Waals surface area contributed by atoms with Crippen molar-refractivity contribution in [2.45, 2.75) is 103 Å². The van der Waals surface area contributed by atoms with Gasteiger partial charge in [-0.25, -0.2) is 4.79 Å². The number of unbranched alkanes of at least 4 members (excludes halogenated alkanes) is 12. The van der Waals surface area contributed by atoms with Gasteiger partial charge in [0, 0.05) is 6.08 Å². The normalized spacial score (nSPS) is 12.7. The minimum Gasteiger partial charge on any atom is -0.460 e. The molecule has 0 aromatic carbocycles. The van der Waals surface area contributed by atoms with Crippen LogP contribution in [-0.2, 0) is 25.9 Å². The lowest BCUT2D eigenvalue weighted by Gasteiger charge is -2.11. The molecule has 1 unspecified atom stereocenters. The van der Waals surface area contributed by atoms with Crippen molar-refractivity contribution in [3.63, 3.8) is 0 Å². The summed E-state index contributed by atoms with van der Waals surface area (Å²) in [7, 11) is 0. The molecule has 5 nitrogen and oxygen atoms in total. The quantitative estimate of drug-likeness (QED) is 0.119. The number of ether oxygens (including phenoxy) is 1. The predicted octanol–water partition coefficient (Wildman–Crippen LogP) is 5.79. The molecule has 0 aliphatic carbocycles. The van der Waals surface area contributed by atoms with Crippen LogP contribution in [0.15, 0.2) is 12.7 Å². The van der Waals surface area contributed by atoms with Crippen molar-refractivity contribution in [2.24, 2.45) is 0 Å². The van der Waals surface area contributed by atoms with E-state index in [-0.39, 0.29) is 12.1 Å². The van der Waals surface area contributed by atoms with Gasteiger partial charge in [-0.2, -0.15) is 0 Å². The average Bonchev–Trinajstić information content (AvgIpc) is 2.60. The number of hydrogen-bond donors (Lipinski definition) is 2. The fourth-order valence-electron chi connectivity index (χ4n) is 2.97. The van der Waals surface area contributed by atoms with Crippen molar-refractivity contribution in [1.29, 1.82) is 0 Å². The van der Waals surface area contributed by atoms with E-state index in [9.17, 15) is 4.79 Å². The van der Waals surface area contributed by atoms with Crippen molar-refractivity contribution < 1.29 is 23.8 Å². The molecule has 0 aliphatic heterocycles. The highest BCUT2D eigenvalue weighted by atomic mass is 32.5. The first kappa shape index (κ1) is 26.7. The van der Waals surface area contributed by atoms with Crippen LogP contribution < -0.4 is 0 Å². The molecule has 160 valence electrons. The van der Waals surface area contributed by atoms with Gasteiger partial charge in [0.15, 0.2) is 0 Å². The highest BCUT2D eigenvalue weighted by Gasteiger charge is 2.06. The molecular formula is C20H39O5PS. The molecule has 0 saturated carbocycles. The Hall–Kier alpha value is -0.260. The minimum absolute atomic E-state index is 0.0101. The summed E-state index contributed by atoms with van der Waals surface area (Å²) in [6.07, 6.45) is 17.9. The fraction of sp³-hybridized carbons (Fsp3) is 0.850. The van der Waals surface area contributed by atoms with Gasteiger partial charge in [0.25, 0.3) is 0 Å². The largest absolute Gasteiger partial charge is 0.460 e. The van der Waals surface area contributed by atoms with Gasteiger partial charge in [0.2, 0.25) is 0 Å². The predicted molar refractivity (Wildman–Crippen MR) is 115 cm³/mol. The van der Waals surface area contributed by atoms with Crippen LogP contribution in [0.2, 0.25) is 0 Å². The summed E-state index contributed by atoms with van der Waals surface area (Å²) in [5.74, 6) is -0.329. The Bertz CT molecular complexity index is 425. The van der Waals surface area contributed by atoms with Crippen LogP contribution >= 0.6 is 6.72 Å². The van der Waals surface area contributed by atoms with Gasteiger partial charge in [-0.1, -0.05) is 77.2 Å². The third-order valence-corrected chi connectivity index (χ3v) is 5.33. The molecule has 0 aromatic rings. The van der Waals surface area contributed by atoms with Crippen molar-refractivity contribution >= 4 is 24.5 Å². The Morgan fingerprint density at radius 2 is 1.33 bits per heavy atom. The molecule has 0 spiro atoms. The molecule has 0 saturated heterocycles. The van der Waals surface area contributed by atoms with Gasteiger partial charge in [0.05, 0.1) is 12.7 Å². The summed E-state index contributed by atoms with van der Waals surface area (Å²) < 4.78 is 9.93. The number of hydrogen-bond acceptors (Lipinski definition) is 4. The Morgan fingerprint density at radius 1 is 0.926 bits per heavy atom. The Balaban J connectivity index is 3.18. The molecule has 0 heterocycles. The molecule has 0 fully saturated rings. The zero-order valence-electron chi connectivity index (χ0n) is 16.9. The lowest BCUT2D eigenvalue weighted by atomic mass is 10.0. The lowest BCUT2D eigenvalue weighted by molar-refractivity contribution is -0.142. The maximum absolute atomic E-state index is 11.1. The summed E-state index contributed by atoms with van der Waals surface area (Å²) >= 11 is 4.39. The third-order valence-electron chi connectivity index (χ3n) is 4.50. The van der Waals surface area contributed by atoms with E-state index in [4.69, 9.17) is 19.0 Å². The molecule has 2 N–H and O–H groups in total. The van der Waals surface area contributed by atoms with Gasteiger partial charge >= 0.3 is 12.7 Å². The van der Waals surface area contributed by atoms with Gasteiger partial charge in [0.1, 0.15) is 0 Å². The zero-order chi connectivity index (χ0) is 20.4. The van der Waals surface area contributed by atoms with Crippen molar-refractivity contribution in [2.75, 3.05) is 6.61 Å². The van der Waals surface area contributed by atoms with E-state index in [0.717, 1.165) is 25.7 Å². The SMILES string of the molecule is C=CC(=O)OC(C)CCCCCCCCCCCCCCCOP(O)(O)=S. The highest BCUT2D eigenvalue weighted by molar-refractivity contribution is 8.06. The van der Waals surface area contributed by atoms with Crippen LogP contribution in [0.3, 0.4) is 0 Å². The first-order chi connectivity index (χ1) is 12.8. The molecule has 1 atom stereocenters. The summed E-state index contributed by atoms with van der Waals surface area (Å²) in [5, 5.41) is 0. The number of rotatable bonds is 19. The molecule has 27 heavy (non-hydrogen) atoms. The van der Waals surface area contributed by atoms with E-state index in [1.165, 1.54) is 70.3 Å². The molecular weight excluding hydrogens is 383 g/mol. The van der Waals surface area contributed by atoms with Gasteiger partial charge in [-0.15, -0.1) is 0 Å². The van der Waals surface area contributed by atoms with Crippen LogP contribution in [0.4, 0.5) is 0 Å². The fourth-order valence-corrected chi connectivity index (χ4v) is 3.56. The molecule has 7 heteroatoms. The maximum Gasteiger partial charge on any atom is 0.330 e. The van der Waals surface area contributed by atoms with Crippen molar-refractivity contribution in [3.05, 3.63) is 12.7 Å². The molecule has 0 radical (unpaired) electrons. The number of carbonyl (C=O) groups excluding carboxylic acids is 1. The van der Waals surface area contributed by atoms with Gasteiger partial charge in [-0.05, 0) is 38.0 Å². The highest BCUT2D eigenvalue weighted by Crippen LogP contribution is 2.36. The maximum atomic E-state index is 11.1. The van der Waals surface area contributed by atoms with E-state index < -0.39 is 6.72 Å². The Morgan fingerprint density at radius 3 is 1.74 bits per heavy atom. The molecule has 0 aliphatic rings. The van der Waals surface area contributed by atoms with E-state index >= 15 is 0 Å². The summed E-state index contributed by atoms with van der Waals surface area (Å²) in [5.41, 5.74) is 0. The molecule has 0 amide bonds. The monoisotopic (exact) mass is 422 g/mol. The number of esters is 1. The summed E-state index contributed by atoms with van der Waals surface area (Å²) in [6, 6.07) is 0. The third kappa shape index (κ3) is 21.9. The Kier molecular flexibility index (Phi) is 17.6. The second-order valence-corrected chi connectivity index (χ2v) is 9.83. The first-order valence-electron chi connectivity index (χ1n) is 10.4. The van der Waals surface area contributed by atoms with Gasteiger partial charge in [-0.3, -0.25) is 0 Å². The van der Waals surface area contributed by atoms with Crippen LogP contribution in [0.25, 0.3) is 0 Å². The standard InChI is InChI=1S/C20H39O5PS/c1-3-20(21)25-19(2)17-15-13-11-9-7-5-4-6-8-10-12-14-16-18-24-26(22,23)27/h3,19H,1,4-18H2,2H3,(H2,22,23,27). The summed E-state index contributed by atoms with van der Waals surface area (Å²) in [6.45, 7) is 2.24. The second kappa shape index (κ2) is 17.8. The second-order valence-electron chi connectivity index (χ2n) is 7.16.